The van der Waals surface area contributed by atoms with Gasteiger partial charge in [-0.1, -0.05) is 19.1 Å². The molecular weight excluding hydrogens is 426 g/mol. The highest BCUT2D eigenvalue weighted by Gasteiger charge is 2.53. The second kappa shape index (κ2) is 7.85. The molecule has 5 rings (SSSR count). The van der Waals surface area contributed by atoms with E-state index in [4.69, 9.17) is 9.32 Å². The number of carbonyl (C=O) groups is 1. The zero-order valence-corrected chi connectivity index (χ0v) is 19.7. The summed E-state index contributed by atoms with van der Waals surface area (Å²) in [5.74, 6) is 2.02. The van der Waals surface area contributed by atoms with Crippen LogP contribution in [0.5, 0.6) is 5.75 Å². The minimum atomic E-state index is -4.02. The summed E-state index contributed by atoms with van der Waals surface area (Å²) in [4.78, 5) is 17.8. The smallest absolute Gasteiger partial charge is 0.371 e. The molecule has 1 aromatic carbocycles. The molecule has 1 saturated heterocycles. The van der Waals surface area contributed by atoms with E-state index in [1.807, 2.05) is 12.1 Å². The Kier molecular flexibility index (Phi) is 5.38. The Morgan fingerprint density at radius 3 is 2.66 bits per heavy atom. The number of nitrogens with two attached hydrogens (primary N) is 1. The van der Waals surface area contributed by atoms with E-state index in [0.29, 0.717) is 17.8 Å². The summed E-state index contributed by atoms with van der Waals surface area (Å²) in [7, 11) is -1.91. The van der Waals surface area contributed by atoms with E-state index in [1.54, 1.807) is 6.07 Å². The second-order valence-corrected chi connectivity index (χ2v) is 11.4. The molecule has 1 saturated carbocycles. The van der Waals surface area contributed by atoms with Gasteiger partial charge in [-0.05, 0) is 80.2 Å². The van der Waals surface area contributed by atoms with Gasteiger partial charge in [0.1, 0.15) is 5.75 Å². The molecule has 8 heteroatoms. The monoisotopic (exact) mass is 459 g/mol. The molecule has 3 aliphatic carbocycles. The minimum Gasteiger partial charge on any atom is -0.371 e. The maximum absolute atomic E-state index is 13.4. The first-order valence-corrected chi connectivity index (χ1v) is 13.2. The Bertz CT molecular complexity index is 1060. The lowest BCUT2D eigenvalue weighted by Crippen LogP contribution is -2.50. The number of fused-ring (bicyclic) bond motifs is 5. The van der Waals surface area contributed by atoms with E-state index in [-0.39, 0.29) is 17.1 Å². The van der Waals surface area contributed by atoms with E-state index in [2.05, 4.69) is 29.8 Å². The number of rotatable bonds is 3. The summed E-state index contributed by atoms with van der Waals surface area (Å²) in [6, 6.07) is 5.57. The zero-order valence-electron chi connectivity index (χ0n) is 18.9. The molecule has 0 radical (unpaired) electrons. The summed E-state index contributed by atoms with van der Waals surface area (Å²) in [6.45, 7) is 5.83. The van der Waals surface area contributed by atoms with Crippen LogP contribution in [0.25, 0.3) is 0 Å². The molecule has 1 aromatic rings. The molecule has 2 fully saturated rings. The SMILES string of the molecule is CN1CCN(C(=O)C2=CCC3C4CCc5cc(OS(N)(=O)=O)ccc5C4CCC23C)CC1. The van der Waals surface area contributed by atoms with Crippen molar-refractivity contribution in [3.05, 3.63) is 41.0 Å². The Balaban J connectivity index is 1.35. The van der Waals surface area contributed by atoms with Gasteiger partial charge in [-0.3, -0.25) is 4.79 Å². The maximum Gasteiger partial charge on any atom is 0.380 e. The highest BCUT2D eigenvalue weighted by molar-refractivity contribution is 7.84. The van der Waals surface area contributed by atoms with Gasteiger partial charge in [0.2, 0.25) is 5.91 Å². The minimum absolute atomic E-state index is 0.0459. The number of hydrogen-bond acceptors (Lipinski definition) is 5. The molecule has 0 spiro atoms. The second-order valence-electron chi connectivity index (χ2n) is 10.3. The summed E-state index contributed by atoms with van der Waals surface area (Å²) >= 11 is 0. The van der Waals surface area contributed by atoms with Crippen LogP contribution < -0.4 is 9.32 Å². The Morgan fingerprint density at radius 1 is 1.19 bits per heavy atom. The predicted octanol–water partition coefficient (Wildman–Crippen LogP) is 2.44. The molecular formula is C24H33N3O4S. The van der Waals surface area contributed by atoms with Crippen LogP contribution in [0.4, 0.5) is 0 Å². The van der Waals surface area contributed by atoms with E-state index in [1.165, 1.54) is 5.56 Å². The van der Waals surface area contributed by atoms with E-state index in [0.717, 1.165) is 69.4 Å². The van der Waals surface area contributed by atoms with E-state index < -0.39 is 10.3 Å². The lowest BCUT2D eigenvalue weighted by Gasteiger charge is -2.50. The third-order valence-corrected chi connectivity index (χ3v) is 8.94. The number of likely N-dealkylation sites (N-methyl/N-ethyl adjacent to an activating group) is 1. The van der Waals surface area contributed by atoms with Gasteiger partial charge >= 0.3 is 10.3 Å². The standard InChI is InChI=1S/C24H33N3O4S/c1-24-10-9-19-18-6-4-17(31-32(25,29)30)15-16(18)3-5-20(19)21(24)7-8-22(24)23(28)27-13-11-26(2)12-14-27/h4,6,8,15,19-21H,3,5,7,9-14H2,1-2H3,(H2,25,29,30). The molecule has 0 bridgehead atoms. The summed E-state index contributed by atoms with van der Waals surface area (Å²) in [5, 5.41) is 5.03. The van der Waals surface area contributed by atoms with Gasteiger partial charge in [0, 0.05) is 37.2 Å². The molecule has 1 aliphatic heterocycles. The number of piperazine rings is 1. The number of nitrogens with zero attached hydrogens (tertiary/aromatic N) is 2. The fraction of sp³-hybridized carbons (Fsp3) is 0.625. The molecule has 7 nitrogen and oxygen atoms in total. The van der Waals surface area contributed by atoms with E-state index >= 15 is 0 Å². The quantitative estimate of drug-likeness (QED) is 0.749. The van der Waals surface area contributed by atoms with Gasteiger partial charge in [-0.2, -0.15) is 13.6 Å². The van der Waals surface area contributed by atoms with Crippen molar-refractivity contribution in [2.45, 2.75) is 44.9 Å². The van der Waals surface area contributed by atoms with Crippen molar-refractivity contribution in [3.63, 3.8) is 0 Å². The fourth-order valence-corrected chi connectivity index (χ4v) is 7.20. The first kappa shape index (κ1) is 21.9. The van der Waals surface area contributed by atoms with Crippen LogP contribution in [0.15, 0.2) is 29.8 Å². The normalized spacial score (nSPS) is 32.5. The van der Waals surface area contributed by atoms with Crippen LogP contribution in [0.1, 0.15) is 49.7 Å². The highest BCUT2D eigenvalue weighted by Crippen LogP contribution is 2.61. The average molecular weight is 460 g/mol. The molecule has 4 unspecified atom stereocenters. The summed E-state index contributed by atoms with van der Waals surface area (Å²) in [5.41, 5.74) is 3.48. The van der Waals surface area contributed by atoms with Crippen LogP contribution in [-0.2, 0) is 21.5 Å². The molecule has 32 heavy (non-hydrogen) atoms. The Labute approximate surface area is 190 Å². The molecule has 174 valence electrons. The first-order chi connectivity index (χ1) is 15.2. The number of allylic oxidation sites excluding steroid dienone is 1. The number of carbonyl (C=O) groups excluding carboxylic acids is 1. The number of benzene rings is 1. The van der Waals surface area contributed by atoms with Crippen molar-refractivity contribution in [1.29, 1.82) is 0 Å². The fourth-order valence-electron chi connectivity index (χ4n) is 6.82. The lowest BCUT2D eigenvalue weighted by molar-refractivity contribution is -0.130. The first-order valence-electron chi connectivity index (χ1n) is 11.7. The van der Waals surface area contributed by atoms with Gasteiger partial charge in [-0.25, -0.2) is 0 Å². The zero-order chi connectivity index (χ0) is 22.7. The molecule has 1 amide bonds. The van der Waals surface area contributed by atoms with Gasteiger partial charge in [0.15, 0.2) is 0 Å². The van der Waals surface area contributed by atoms with Crippen LogP contribution in [0.3, 0.4) is 0 Å². The molecule has 0 aromatic heterocycles. The van der Waals surface area contributed by atoms with Crippen molar-refractivity contribution in [3.8, 4) is 5.75 Å². The van der Waals surface area contributed by atoms with Gasteiger partial charge in [-0.15, -0.1) is 0 Å². The van der Waals surface area contributed by atoms with Crippen molar-refractivity contribution in [2.75, 3.05) is 33.2 Å². The Morgan fingerprint density at radius 2 is 1.94 bits per heavy atom. The predicted molar refractivity (Wildman–Crippen MR) is 122 cm³/mol. The maximum atomic E-state index is 13.4. The third kappa shape index (κ3) is 3.76. The summed E-state index contributed by atoms with van der Waals surface area (Å²) in [6.07, 6.45) is 7.24. The average Bonchev–Trinajstić information content (AvgIpc) is 3.09. The van der Waals surface area contributed by atoms with Crippen molar-refractivity contribution in [2.24, 2.45) is 22.4 Å². The van der Waals surface area contributed by atoms with Gasteiger partial charge in [0.05, 0.1) is 0 Å². The van der Waals surface area contributed by atoms with Crippen molar-refractivity contribution < 1.29 is 17.4 Å². The van der Waals surface area contributed by atoms with E-state index in [9.17, 15) is 13.2 Å². The number of hydrogen-bond donors (Lipinski definition) is 1. The highest BCUT2D eigenvalue weighted by atomic mass is 32.2. The van der Waals surface area contributed by atoms with Crippen LogP contribution in [0, 0.1) is 17.3 Å². The number of amides is 1. The van der Waals surface area contributed by atoms with Crippen LogP contribution in [0.2, 0.25) is 0 Å². The molecule has 1 heterocycles. The van der Waals surface area contributed by atoms with Crippen LogP contribution >= 0.6 is 0 Å². The topological polar surface area (TPSA) is 92.9 Å². The summed E-state index contributed by atoms with van der Waals surface area (Å²) < 4.78 is 27.5. The van der Waals surface area contributed by atoms with Gasteiger partial charge < -0.3 is 14.0 Å². The molecule has 2 N–H and O–H groups in total. The van der Waals surface area contributed by atoms with Crippen molar-refractivity contribution >= 4 is 16.2 Å². The van der Waals surface area contributed by atoms with Crippen molar-refractivity contribution in [1.82, 2.24) is 9.80 Å². The van der Waals surface area contributed by atoms with Gasteiger partial charge in [0.25, 0.3) is 0 Å². The molecule has 4 atom stereocenters. The third-order valence-electron chi connectivity index (χ3n) is 8.51. The number of aryl methyl sites for hydroxylation is 1. The lowest BCUT2D eigenvalue weighted by atomic mass is 9.54. The van der Waals surface area contributed by atoms with Crippen LogP contribution in [-0.4, -0.2) is 57.4 Å². The largest absolute Gasteiger partial charge is 0.380 e. The molecule has 4 aliphatic rings. The Hall–Kier alpha value is -1.90.